The highest BCUT2D eigenvalue weighted by atomic mass is 32.1. The lowest BCUT2D eigenvalue weighted by atomic mass is 9.93. The van der Waals surface area contributed by atoms with Crippen LogP contribution in [0.2, 0.25) is 0 Å². The fourth-order valence-electron chi connectivity index (χ4n) is 8.29. The third-order valence-corrected chi connectivity index (χ3v) is 12.9. The van der Waals surface area contributed by atoms with Crippen LogP contribution < -0.4 is 0 Å². The van der Waals surface area contributed by atoms with Crippen molar-refractivity contribution in [3.8, 4) is 0 Å². The Hall–Kier alpha value is -1.96. The second-order valence-corrected chi connectivity index (χ2v) is 17.3. The van der Waals surface area contributed by atoms with Crippen molar-refractivity contribution in [2.45, 2.75) is 182 Å². The molecule has 4 rings (SSSR count). The molecule has 1 N–H and O–H groups in total. The van der Waals surface area contributed by atoms with Crippen LogP contribution in [0.25, 0.3) is 11.4 Å². The van der Waals surface area contributed by atoms with Gasteiger partial charge in [-0.15, -0.1) is 22.7 Å². The summed E-state index contributed by atoms with van der Waals surface area (Å²) in [5.74, 6) is 1.01. The lowest BCUT2D eigenvalue weighted by molar-refractivity contribution is -0.123. The molecule has 3 atom stereocenters. The topological polar surface area (TPSA) is 56.7 Å². The molecule has 0 aliphatic carbocycles. The summed E-state index contributed by atoms with van der Waals surface area (Å²) >= 11 is 3.28. The number of carbonyl (C=O) groups is 1. The van der Waals surface area contributed by atoms with Gasteiger partial charge in [-0.05, 0) is 49.0 Å². The lowest BCUT2D eigenvalue weighted by Crippen LogP contribution is -2.37. The van der Waals surface area contributed by atoms with Crippen LogP contribution in [0.5, 0.6) is 0 Å². The Morgan fingerprint density at radius 1 is 0.667 bits per heavy atom. The summed E-state index contributed by atoms with van der Waals surface area (Å²) in [5.41, 5.74) is 3.35. The minimum atomic E-state index is -0.843. The smallest absolute Gasteiger partial charge is 0.261 e. The molecule has 2 aliphatic heterocycles. The van der Waals surface area contributed by atoms with Gasteiger partial charge in [0.25, 0.3) is 5.91 Å². The van der Waals surface area contributed by atoms with Crippen molar-refractivity contribution in [1.82, 2.24) is 14.8 Å². The van der Waals surface area contributed by atoms with Crippen LogP contribution in [-0.2, 0) is 4.79 Å². The average Bonchev–Trinajstić information content (AvgIpc) is 3.95. The Morgan fingerprint density at radius 3 is 1.71 bits per heavy atom. The molecule has 3 unspecified atom stereocenters. The monoisotopic (exact) mass is 737 g/mol. The first-order chi connectivity index (χ1) is 25.0. The number of aliphatic hydroxyl groups is 1. The largest absolute Gasteiger partial charge is 0.369 e. The molecule has 0 aromatic carbocycles. The third kappa shape index (κ3) is 12.3. The van der Waals surface area contributed by atoms with E-state index in [4.69, 9.17) is 4.98 Å². The number of hydrogen-bond acceptors (Lipinski definition) is 6. The number of amides is 1. The van der Waals surface area contributed by atoms with Gasteiger partial charge >= 0.3 is 0 Å². The van der Waals surface area contributed by atoms with E-state index in [9.17, 15) is 9.90 Å². The van der Waals surface area contributed by atoms with Crippen LogP contribution in [0.3, 0.4) is 0 Å². The second kappa shape index (κ2) is 23.7. The summed E-state index contributed by atoms with van der Waals surface area (Å²) < 4.78 is 0. The molecule has 2 aromatic heterocycles. The fraction of sp³-hybridized carbons (Fsp3) is 0.727. The molecule has 0 fully saturated rings. The van der Waals surface area contributed by atoms with Crippen LogP contribution >= 0.6 is 22.7 Å². The van der Waals surface area contributed by atoms with Gasteiger partial charge < -0.3 is 14.9 Å². The summed E-state index contributed by atoms with van der Waals surface area (Å²) in [7, 11) is 0. The minimum Gasteiger partial charge on any atom is -0.369 e. The molecule has 1 amide bonds. The molecule has 2 aliphatic rings. The van der Waals surface area contributed by atoms with E-state index in [0.717, 1.165) is 52.8 Å². The molecule has 51 heavy (non-hydrogen) atoms. The predicted octanol–water partition coefficient (Wildman–Crippen LogP) is 13.1. The molecule has 4 heterocycles. The maximum Gasteiger partial charge on any atom is 0.261 e. The SMILES string of the molecule is CCCCCCCCC(CCCCC)CN1C(=O)C2=C(c3nccs3)N(CC(CCCCCC)CCCCCCCC)C(O)C2=C1c1cccs1. The summed E-state index contributed by atoms with van der Waals surface area (Å²) in [4.78, 5) is 25.0. The quantitative estimate of drug-likeness (QED) is 0.0845. The number of unbranched alkanes of at least 4 members (excludes halogenated alkanes) is 15. The first-order valence-electron chi connectivity index (χ1n) is 21.2. The molecular weight excluding hydrogens is 667 g/mol. The van der Waals surface area contributed by atoms with Crippen LogP contribution in [0.15, 0.2) is 40.2 Å². The van der Waals surface area contributed by atoms with Gasteiger partial charge in [0, 0.05) is 30.2 Å². The van der Waals surface area contributed by atoms with E-state index in [1.165, 1.54) is 135 Å². The molecule has 0 spiro atoms. The van der Waals surface area contributed by atoms with Crippen molar-refractivity contribution in [2.24, 2.45) is 11.8 Å². The van der Waals surface area contributed by atoms with Crippen molar-refractivity contribution in [1.29, 1.82) is 0 Å². The Bertz CT molecular complexity index is 1300. The van der Waals surface area contributed by atoms with E-state index >= 15 is 0 Å². The second-order valence-electron chi connectivity index (χ2n) is 15.4. The Balaban J connectivity index is 1.63. The van der Waals surface area contributed by atoms with Crippen molar-refractivity contribution in [3.05, 3.63) is 50.1 Å². The van der Waals surface area contributed by atoms with Gasteiger partial charge in [-0.25, -0.2) is 4.98 Å². The zero-order valence-corrected chi connectivity index (χ0v) is 34.4. The van der Waals surface area contributed by atoms with Gasteiger partial charge in [0.1, 0.15) is 5.01 Å². The number of carbonyl (C=O) groups excluding carboxylic acids is 1. The molecule has 0 saturated heterocycles. The van der Waals surface area contributed by atoms with Crippen LogP contribution in [0.1, 0.15) is 185 Å². The number of rotatable bonds is 29. The predicted molar refractivity (Wildman–Crippen MR) is 221 cm³/mol. The summed E-state index contributed by atoms with van der Waals surface area (Å²) in [5, 5.41) is 17.4. The number of thiophene rings is 1. The van der Waals surface area contributed by atoms with E-state index in [0.29, 0.717) is 17.4 Å². The van der Waals surface area contributed by atoms with Crippen molar-refractivity contribution in [2.75, 3.05) is 13.1 Å². The summed E-state index contributed by atoms with van der Waals surface area (Å²) in [6.07, 6.45) is 29.9. The van der Waals surface area contributed by atoms with Gasteiger partial charge in [-0.3, -0.25) is 4.79 Å². The van der Waals surface area contributed by atoms with Gasteiger partial charge in [0.05, 0.1) is 21.8 Å². The highest BCUT2D eigenvalue weighted by Gasteiger charge is 2.50. The number of hydrogen-bond donors (Lipinski definition) is 1. The minimum absolute atomic E-state index is 0.0685. The number of thiazole rings is 1. The first kappa shape index (κ1) is 41.8. The Morgan fingerprint density at radius 2 is 1.18 bits per heavy atom. The number of fused-ring (bicyclic) bond motifs is 1. The summed E-state index contributed by atoms with van der Waals surface area (Å²) in [6, 6.07) is 4.23. The van der Waals surface area contributed by atoms with Crippen LogP contribution in [0.4, 0.5) is 0 Å². The van der Waals surface area contributed by atoms with E-state index in [1.807, 2.05) is 11.6 Å². The molecule has 0 saturated carbocycles. The van der Waals surface area contributed by atoms with Crippen molar-refractivity contribution < 1.29 is 9.90 Å². The van der Waals surface area contributed by atoms with Crippen LogP contribution in [0, 0.1) is 11.8 Å². The van der Waals surface area contributed by atoms with E-state index < -0.39 is 6.23 Å². The zero-order chi connectivity index (χ0) is 36.3. The molecule has 5 nitrogen and oxygen atoms in total. The molecule has 7 heteroatoms. The van der Waals surface area contributed by atoms with Gasteiger partial charge in [-0.1, -0.05) is 156 Å². The van der Waals surface area contributed by atoms with E-state index in [2.05, 4.69) is 55.0 Å². The molecule has 0 bridgehead atoms. The Kier molecular flexibility index (Phi) is 19.4. The normalized spacial score (nSPS) is 17.4. The fourth-order valence-corrected chi connectivity index (χ4v) is 9.79. The highest BCUT2D eigenvalue weighted by Crippen LogP contribution is 2.50. The van der Waals surface area contributed by atoms with Crippen LogP contribution in [-0.4, -0.2) is 45.1 Å². The van der Waals surface area contributed by atoms with E-state index in [1.54, 1.807) is 22.7 Å². The zero-order valence-electron chi connectivity index (χ0n) is 32.8. The highest BCUT2D eigenvalue weighted by molar-refractivity contribution is 7.11. The van der Waals surface area contributed by atoms with Gasteiger partial charge in [-0.2, -0.15) is 0 Å². The number of nitrogens with zero attached hydrogens (tertiary/aromatic N) is 3. The Labute approximate surface area is 320 Å². The summed E-state index contributed by atoms with van der Waals surface area (Å²) in [6.45, 7) is 10.6. The van der Waals surface area contributed by atoms with Crippen molar-refractivity contribution in [3.63, 3.8) is 0 Å². The van der Waals surface area contributed by atoms with Crippen molar-refractivity contribution >= 4 is 40.0 Å². The molecule has 2 aromatic rings. The average molecular weight is 738 g/mol. The maximum atomic E-state index is 14.9. The molecule has 286 valence electrons. The molecule has 0 radical (unpaired) electrons. The number of aromatic nitrogens is 1. The van der Waals surface area contributed by atoms with E-state index in [-0.39, 0.29) is 5.91 Å². The standard InChI is InChI=1S/C44H71N3O2S2/c1-5-9-13-16-18-22-27-35(25-20-12-8-4)33-46-40(37-29-24-31-50-37)38-39(44(46)49)41(42-45-30-32-51-42)47(43(38)48)34-36(26-21-15-11-7-3)28-23-19-17-14-10-6-2/h24,29-32,35-36,43,48H,5-23,25-28,33-34H2,1-4H3. The third-order valence-electron chi connectivity index (χ3n) is 11.2. The first-order valence-corrected chi connectivity index (χ1v) is 23.0. The number of aliphatic hydroxyl groups excluding tert-OH is 1. The molecular formula is C44H71N3O2S2. The lowest BCUT2D eigenvalue weighted by Gasteiger charge is -2.32. The van der Waals surface area contributed by atoms with Gasteiger partial charge in [0.2, 0.25) is 0 Å². The van der Waals surface area contributed by atoms with Gasteiger partial charge in [0.15, 0.2) is 6.23 Å². The maximum absolute atomic E-state index is 14.9.